The molecule has 0 aliphatic carbocycles. The number of para-hydroxylation sites is 2. The van der Waals surface area contributed by atoms with Crippen LogP contribution < -0.4 is 4.90 Å². The number of anilines is 2. The smallest absolute Gasteiger partial charge is 0.305 e. The number of hydrogen-bond donors (Lipinski definition) is 1. The molecule has 1 heterocycles. The minimum Gasteiger partial charge on any atom is -0.481 e. The Kier molecular flexibility index (Phi) is 3.40. The summed E-state index contributed by atoms with van der Waals surface area (Å²) in [5.41, 5.74) is 3.41. The molecule has 102 valence electrons. The van der Waals surface area contributed by atoms with Crippen LogP contribution in [0.1, 0.15) is 12.0 Å². The standard InChI is InChI=1S/C16H15NO2S/c1-11-5-4-8-14-16(11)17(10-9-15(18)19)12-6-2-3-7-13(12)20-14/h2-8H,9-10H2,1H3,(H,18,19). The van der Waals surface area contributed by atoms with Gasteiger partial charge in [-0.05, 0) is 30.7 Å². The molecule has 3 nitrogen and oxygen atoms in total. The van der Waals surface area contributed by atoms with Gasteiger partial charge in [-0.1, -0.05) is 36.0 Å². The molecule has 0 bridgehead atoms. The van der Waals surface area contributed by atoms with E-state index in [0.717, 1.165) is 11.4 Å². The second-order valence-electron chi connectivity index (χ2n) is 4.79. The number of benzene rings is 2. The molecule has 0 saturated heterocycles. The van der Waals surface area contributed by atoms with Crippen molar-refractivity contribution in [3.8, 4) is 0 Å². The first-order valence-corrected chi connectivity index (χ1v) is 7.34. The number of rotatable bonds is 3. The van der Waals surface area contributed by atoms with E-state index in [1.807, 2.05) is 18.2 Å². The summed E-state index contributed by atoms with van der Waals surface area (Å²) >= 11 is 1.75. The second-order valence-corrected chi connectivity index (χ2v) is 5.87. The molecule has 4 heteroatoms. The summed E-state index contributed by atoms with van der Waals surface area (Å²) in [4.78, 5) is 15.4. The van der Waals surface area contributed by atoms with Gasteiger partial charge in [0.1, 0.15) is 0 Å². The van der Waals surface area contributed by atoms with Crippen molar-refractivity contribution in [1.82, 2.24) is 0 Å². The van der Waals surface area contributed by atoms with Crippen LogP contribution in [-0.2, 0) is 4.79 Å². The van der Waals surface area contributed by atoms with Crippen molar-refractivity contribution < 1.29 is 9.90 Å². The third-order valence-corrected chi connectivity index (χ3v) is 4.51. The normalized spacial score (nSPS) is 12.8. The van der Waals surface area contributed by atoms with Gasteiger partial charge in [0.05, 0.1) is 17.8 Å². The summed E-state index contributed by atoms with van der Waals surface area (Å²) in [6, 6.07) is 14.4. The summed E-state index contributed by atoms with van der Waals surface area (Å²) in [6.45, 7) is 2.56. The minimum atomic E-state index is -0.768. The van der Waals surface area contributed by atoms with Crippen molar-refractivity contribution in [1.29, 1.82) is 0 Å². The summed E-state index contributed by atoms with van der Waals surface area (Å²) in [5, 5.41) is 8.98. The molecule has 1 aliphatic heterocycles. The van der Waals surface area contributed by atoms with Gasteiger partial charge >= 0.3 is 5.97 Å². The molecule has 0 saturated carbocycles. The zero-order chi connectivity index (χ0) is 14.1. The maximum Gasteiger partial charge on any atom is 0.305 e. The van der Waals surface area contributed by atoms with E-state index in [4.69, 9.17) is 5.11 Å². The number of carboxylic acids is 1. The number of aliphatic carboxylic acids is 1. The molecule has 2 aromatic carbocycles. The Bertz CT molecular complexity index is 669. The molecule has 20 heavy (non-hydrogen) atoms. The Morgan fingerprint density at radius 1 is 1.15 bits per heavy atom. The lowest BCUT2D eigenvalue weighted by molar-refractivity contribution is -0.136. The fourth-order valence-electron chi connectivity index (χ4n) is 2.51. The highest BCUT2D eigenvalue weighted by molar-refractivity contribution is 7.99. The van der Waals surface area contributed by atoms with Crippen LogP contribution in [0.25, 0.3) is 0 Å². The fourth-order valence-corrected chi connectivity index (χ4v) is 3.69. The number of carboxylic acid groups (broad SMARTS) is 1. The lowest BCUT2D eigenvalue weighted by Crippen LogP contribution is -2.24. The zero-order valence-electron chi connectivity index (χ0n) is 11.2. The highest BCUT2D eigenvalue weighted by Gasteiger charge is 2.24. The van der Waals surface area contributed by atoms with Crippen molar-refractivity contribution in [2.24, 2.45) is 0 Å². The molecule has 0 aromatic heterocycles. The molecule has 0 atom stereocenters. The minimum absolute atomic E-state index is 0.132. The van der Waals surface area contributed by atoms with E-state index >= 15 is 0 Å². The van der Waals surface area contributed by atoms with E-state index in [9.17, 15) is 4.79 Å². The average molecular weight is 285 g/mol. The van der Waals surface area contributed by atoms with Gasteiger partial charge in [-0.15, -0.1) is 0 Å². The molecular formula is C16H15NO2S. The number of hydrogen-bond acceptors (Lipinski definition) is 3. The Hall–Kier alpha value is -1.94. The van der Waals surface area contributed by atoms with Gasteiger partial charge in [-0.2, -0.15) is 0 Å². The summed E-state index contributed by atoms with van der Waals surface area (Å²) in [5.74, 6) is -0.768. The maximum absolute atomic E-state index is 10.9. The molecule has 0 unspecified atom stereocenters. The first-order chi connectivity index (χ1) is 9.66. The van der Waals surface area contributed by atoms with Crippen molar-refractivity contribution >= 4 is 29.1 Å². The van der Waals surface area contributed by atoms with E-state index in [1.54, 1.807) is 11.8 Å². The quantitative estimate of drug-likeness (QED) is 0.922. The Morgan fingerprint density at radius 3 is 2.70 bits per heavy atom. The number of carbonyl (C=O) groups is 1. The van der Waals surface area contributed by atoms with Crippen LogP contribution in [0.3, 0.4) is 0 Å². The zero-order valence-corrected chi connectivity index (χ0v) is 12.0. The van der Waals surface area contributed by atoms with E-state index in [1.165, 1.54) is 15.4 Å². The third kappa shape index (κ3) is 2.27. The highest BCUT2D eigenvalue weighted by Crippen LogP contribution is 2.49. The van der Waals surface area contributed by atoms with Crippen LogP contribution >= 0.6 is 11.8 Å². The van der Waals surface area contributed by atoms with Gasteiger partial charge in [0.2, 0.25) is 0 Å². The maximum atomic E-state index is 10.9. The van der Waals surface area contributed by atoms with Gasteiger partial charge in [-0.25, -0.2) is 0 Å². The Balaban J connectivity index is 2.09. The van der Waals surface area contributed by atoms with Crippen LogP contribution in [0.5, 0.6) is 0 Å². The van der Waals surface area contributed by atoms with Crippen molar-refractivity contribution in [3.63, 3.8) is 0 Å². The molecule has 1 N–H and O–H groups in total. The predicted octanol–water partition coefficient (Wildman–Crippen LogP) is 4.07. The van der Waals surface area contributed by atoms with Crippen molar-refractivity contribution in [2.45, 2.75) is 23.1 Å². The first-order valence-electron chi connectivity index (χ1n) is 6.52. The van der Waals surface area contributed by atoms with E-state index < -0.39 is 5.97 Å². The van der Waals surface area contributed by atoms with Crippen molar-refractivity contribution in [2.75, 3.05) is 11.4 Å². The summed E-state index contributed by atoms with van der Waals surface area (Å²) < 4.78 is 0. The number of fused-ring (bicyclic) bond motifs is 2. The lowest BCUT2D eigenvalue weighted by Gasteiger charge is -2.33. The SMILES string of the molecule is Cc1cccc2c1N(CCC(=O)O)c1ccccc1S2. The van der Waals surface area contributed by atoms with E-state index in [2.05, 4.69) is 36.1 Å². The molecule has 0 radical (unpaired) electrons. The summed E-state index contributed by atoms with van der Waals surface area (Å²) in [7, 11) is 0. The van der Waals surface area contributed by atoms with Crippen LogP contribution in [0.4, 0.5) is 11.4 Å². The van der Waals surface area contributed by atoms with Crippen LogP contribution in [0.15, 0.2) is 52.3 Å². The molecule has 1 aliphatic rings. The van der Waals surface area contributed by atoms with Gasteiger partial charge < -0.3 is 10.0 Å². The Morgan fingerprint density at radius 2 is 1.90 bits per heavy atom. The predicted molar refractivity (Wildman–Crippen MR) is 81.0 cm³/mol. The number of nitrogens with zero attached hydrogens (tertiary/aromatic N) is 1. The topological polar surface area (TPSA) is 40.5 Å². The average Bonchev–Trinajstić information content (AvgIpc) is 2.43. The van der Waals surface area contributed by atoms with Crippen molar-refractivity contribution in [3.05, 3.63) is 48.0 Å². The molecule has 0 amide bonds. The van der Waals surface area contributed by atoms with E-state index in [-0.39, 0.29) is 6.42 Å². The van der Waals surface area contributed by atoms with Gasteiger partial charge in [0.15, 0.2) is 0 Å². The summed E-state index contributed by atoms with van der Waals surface area (Å²) in [6.07, 6.45) is 0.132. The lowest BCUT2D eigenvalue weighted by atomic mass is 10.1. The largest absolute Gasteiger partial charge is 0.481 e. The van der Waals surface area contributed by atoms with Gasteiger partial charge in [-0.3, -0.25) is 4.79 Å². The second kappa shape index (κ2) is 5.21. The Labute approximate surface area is 122 Å². The highest BCUT2D eigenvalue weighted by atomic mass is 32.2. The molecule has 0 fully saturated rings. The van der Waals surface area contributed by atoms with Gasteiger partial charge in [0.25, 0.3) is 0 Å². The number of aryl methyl sites for hydroxylation is 1. The molecular weight excluding hydrogens is 270 g/mol. The van der Waals surface area contributed by atoms with Gasteiger partial charge in [0, 0.05) is 16.3 Å². The molecule has 2 aromatic rings. The third-order valence-electron chi connectivity index (χ3n) is 3.40. The van der Waals surface area contributed by atoms with Crippen LogP contribution in [0, 0.1) is 6.92 Å². The first kappa shape index (κ1) is 13.1. The molecule has 0 spiro atoms. The van der Waals surface area contributed by atoms with E-state index in [0.29, 0.717) is 6.54 Å². The fraction of sp³-hybridized carbons (Fsp3) is 0.188. The monoisotopic (exact) mass is 285 g/mol. The molecule has 3 rings (SSSR count). The van der Waals surface area contributed by atoms with Crippen LogP contribution in [-0.4, -0.2) is 17.6 Å². The van der Waals surface area contributed by atoms with Crippen LogP contribution in [0.2, 0.25) is 0 Å².